The molecule has 0 bridgehead atoms. The van der Waals surface area contributed by atoms with Crippen molar-refractivity contribution in [1.29, 1.82) is 0 Å². The minimum Gasteiger partial charge on any atom is -0.462 e. The predicted molar refractivity (Wildman–Crippen MR) is 97.3 cm³/mol. The second-order valence-electron chi connectivity index (χ2n) is 8.77. The van der Waals surface area contributed by atoms with Crippen molar-refractivity contribution in [1.82, 2.24) is 10.3 Å². The largest absolute Gasteiger partial charge is 0.462 e. The van der Waals surface area contributed by atoms with Gasteiger partial charge in [-0.25, -0.2) is 0 Å². The van der Waals surface area contributed by atoms with Crippen LogP contribution in [0, 0.1) is 29.1 Å². The maximum Gasteiger partial charge on any atom is 0.309 e. The molecule has 2 heterocycles. The lowest BCUT2D eigenvalue weighted by Crippen LogP contribution is -2.57. The van der Waals surface area contributed by atoms with Crippen molar-refractivity contribution in [3.8, 4) is 0 Å². The number of aromatic nitrogens is 1. The standard InChI is InChI=1S/C21H28N2O3/c1-12-14-7-9-21(3)10-8-15(13(2)17(21)18(14)26-20(12)25)23-19(24)16-6-4-5-11-22-16/h4-6,11-15,17-18H,7-10H2,1-3H3,(H,23,24)/t12-,13-,14-,15-,17+,18+,21+/m0/s1. The number of carbonyl (C=O) groups is 2. The van der Waals surface area contributed by atoms with Gasteiger partial charge < -0.3 is 10.1 Å². The Morgan fingerprint density at radius 1 is 1.27 bits per heavy atom. The number of nitrogens with one attached hydrogen (secondary N) is 1. The Morgan fingerprint density at radius 2 is 2.04 bits per heavy atom. The van der Waals surface area contributed by atoms with Gasteiger partial charge in [0.2, 0.25) is 0 Å². The van der Waals surface area contributed by atoms with E-state index in [9.17, 15) is 9.59 Å². The minimum atomic E-state index is -0.116. The third-order valence-corrected chi connectivity index (χ3v) is 7.34. The topological polar surface area (TPSA) is 68.3 Å². The van der Waals surface area contributed by atoms with Crippen molar-refractivity contribution in [2.75, 3.05) is 0 Å². The Hall–Kier alpha value is -1.91. The highest BCUT2D eigenvalue weighted by Crippen LogP contribution is 2.57. The van der Waals surface area contributed by atoms with Gasteiger partial charge in [-0.1, -0.05) is 26.8 Å². The SMILES string of the molecule is C[C@@H]1[C@@H]2[C@@H]3OC(=O)[C@@H](C)[C@@H]3CC[C@]2(C)CC[C@@H]1NC(=O)c1ccccn1. The minimum absolute atomic E-state index is 0.000219. The van der Waals surface area contributed by atoms with Crippen LogP contribution < -0.4 is 5.32 Å². The lowest BCUT2D eigenvalue weighted by atomic mass is 9.52. The molecule has 2 saturated carbocycles. The summed E-state index contributed by atoms with van der Waals surface area (Å²) in [6.07, 6.45) is 5.88. The zero-order chi connectivity index (χ0) is 18.5. The molecule has 5 heteroatoms. The molecule has 2 aliphatic carbocycles. The molecule has 0 aromatic carbocycles. The molecule has 7 atom stereocenters. The van der Waals surface area contributed by atoms with E-state index in [0.717, 1.165) is 25.7 Å². The van der Waals surface area contributed by atoms with Crippen LogP contribution >= 0.6 is 0 Å². The fourth-order valence-electron chi connectivity index (χ4n) is 5.77. The molecule has 1 aromatic rings. The van der Waals surface area contributed by atoms with E-state index in [1.165, 1.54) is 0 Å². The summed E-state index contributed by atoms with van der Waals surface area (Å²) in [5, 5.41) is 3.20. The Labute approximate surface area is 154 Å². The van der Waals surface area contributed by atoms with Gasteiger partial charge in [-0.2, -0.15) is 0 Å². The van der Waals surface area contributed by atoms with E-state index in [1.807, 2.05) is 19.1 Å². The molecule has 1 N–H and O–H groups in total. The number of amides is 1. The van der Waals surface area contributed by atoms with Crippen LogP contribution in [-0.4, -0.2) is 29.0 Å². The maximum atomic E-state index is 12.6. The highest BCUT2D eigenvalue weighted by Gasteiger charge is 2.58. The lowest BCUT2D eigenvalue weighted by Gasteiger charge is -2.54. The van der Waals surface area contributed by atoms with Gasteiger partial charge in [0, 0.05) is 24.1 Å². The van der Waals surface area contributed by atoms with Gasteiger partial charge in [-0.05, 0) is 49.1 Å². The predicted octanol–water partition coefficient (Wildman–Crippen LogP) is 3.20. The lowest BCUT2D eigenvalue weighted by molar-refractivity contribution is -0.153. The summed E-state index contributed by atoms with van der Waals surface area (Å²) in [6.45, 7) is 6.56. The van der Waals surface area contributed by atoms with Crippen LogP contribution in [0.3, 0.4) is 0 Å². The zero-order valence-corrected chi connectivity index (χ0v) is 15.8. The van der Waals surface area contributed by atoms with Crippen LogP contribution in [0.15, 0.2) is 24.4 Å². The zero-order valence-electron chi connectivity index (χ0n) is 15.8. The molecule has 1 saturated heterocycles. The second-order valence-corrected chi connectivity index (χ2v) is 8.77. The fourth-order valence-corrected chi connectivity index (χ4v) is 5.77. The Bertz CT molecular complexity index is 706. The van der Waals surface area contributed by atoms with Gasteiger partial charge in [0.1, 0.15) is 11.8 Å². The third-order valence-electron chi connectivity index (χ3n) is 7.34. The first kappa shape index (κ1) is 17.5. The van der Waals surface area contributed by atoms with E-state index < -0.39 is 0 Å². The van der Waals surface area contributed by atoms with Gasteiger partial charge in [0.05, 0.1) is 5.92 Å². The molecule has 1 aliphatic heterocycles. The molecule has 0 spiro atoms. The summed E-state index contributed by atoms with van der Waals surface area (Å²) >= 11 is 0. The summed E-state index contributed by atoms with van der Waals surface area (Å²) in [7, 11) is 0. The number of fused-ring (bicyclic) bond motifs is 3. The molecule has 5 nitrogen and oxygen atoms in total. The van der Waals surface area contributed by atoms with E-state index in [0.29, 0.717) is 17.5 Å². The third kappa shape index (κ3) is 2.72. The normalized spacial score (nSPS) is 41.7. The number of pyridine rings is 1. The summed E-state index contributed by atoms with van der Waals surface area (Å²) in [6, 6.07) is 5.47. The number of rotatable bonds is 2. The Morgan fingerprint density at radius 3 is 2.77 bits per heavy atom. The van der Waals surface area contributed by atoms with Gasteiger partial charge in [0.15, 0.2) is 0 Å². The highest BCUT2D eigenvalue weighted by atomic mass is 16.6. The molecule has 1 aromatic heterocycles. The maximum absolute atomic E-state index is 12.6. The summed E-state index contributed by atoms with van der Waals surface area (Å²) in [4.78, 5) is 28.9. The van der Waals surface area contributed by atoms with Crippen LogP contribution in [0.4, 0.5) is 0 Å². The monoisotopic (exact) mass is 356 g/mol. The molecule has 4 rings (SSSR count). The molecule has 3 aliphatic rings. The van der Waals surface area contributed by atoms with Crippen LogP contribution in [-0.2, 0) is 9.53 Å². The molecule has 3 fully saturated rings. The van der Waals surface area contributed by atoms with Gasteiger partial charge in [-0.15, -0.1) is 0 Å². The van der Waals surface area contributed by atoms with Crippen LogP contribution in [0.1, 0.15) is 56.9 Å². The highest BCUT2D eigenvalue weighted by molar-refractivity contribution is 5.92. The van der Waals surface area contributed by atoms with Crippen molar-refractivity contribution in [2.45, 2.75) is 58.6 Å². The molecule has 0 radical (unpaired) electrons. The van der Waals surface area contributed by atoms with Crippen LogP contribution in [0.25, 0.3) is 0 Å². The van der Waals surface area contributed by atoms with Crippen LogP contribution in [0.2, 0.25) is 0 Å². The van der Waals surface area contributed by atoms with Crippen molar-refractivity contribution >= 4 is 11.9 Å². The Kier molecular flexibility index (Phi) is 4.28. The number of hydrogen-bond donors (Lipinski definition) is 1. The Balaban J connectivity index is 1.54. The van der Waals surface area contributed by atoms with E-state index in [4.69, 9.17) is 4.74 Å². The number of carbonyl (C=O) groups excluding carboxylic acids is 2. The summed E-state index contributed by atoms with van der Waals surface area (Å²) < 4.78 is 5.86. The molecule has 1 amide bonds. The quantitative estimate of drug-likeness (QED) is 0.826. The average molecular weight is 356 g/mol. The van der Waals surface area contributed by atoms with E-state index in [-0.39, 0.29) is 41.3 Å². The van der Waals surface area contributed by atoms with Gasteiger partial charge in [-0.3, -0.25) is 14.6 Å². The van der Waals surface area contributed by atoms with E-state index in [1.54, 1.807) is 12.3 Å². The van der Waals surface area contributed by atoms with E-state index in [2.05, 4.69) is 24.1 Å². The summed E-state index contributed by atoms with van der Waals surface area (Å²) in [5.74, 6) is 0.741. The number of esters is 1. The second kappa shape index (κ2) is 6.36. The van der Waals surface area contributed by atoms with Crippen molar-refractivity contribution in [3.05, 3.63) is 30.1 Å². The number of nitrogens with zero attached hydrogens (tertiary/aromatic N) is 1. The number of ether oxygens (including phenoxy) is 1. The molecule has 140 valence electrons. The smallest absolute Gasteiger partial charge is 0.309 e. The number of hydrogen-bond acceptors (Lipinski definition) is 4. The first-order valence-corrected chi connectivity index (χ1v) is 9.83. The first-order valence-electron chi connectivity index (χ1n) is 9.83. The van der Waals surface area contributed by atoms with Crippen molar-refractivity contribution in [2.24, 2.45) is 29.1 Å². The fraction of sp³-hybridized carbons (Fsp3) is 0.667. The molecule has 26 heavy (non-hydrogen) atoms. The van der Waals surface area contributed by atoms with Gasteiger partial charge in [0.25, 0.3) is 5.91 Å². The average Bonchev–Trinajstić information content (AvgIpc) is 2.92. The summed E-state index contributed by atoms with van der Waals surface area (Å²) in [5.41, 5.74) is 0.646. The molecular formula is C21H28N2O3. The van der Waals surface area contributed by atoms with Crippen molar-refractivity contribution in [3.63, 3.8) is 0 Å². The van der Waals surface area contributed by atoms with E-state index >= 15 is 0 Å². The first-order chi connectivity index (χ1) is 12.4. The molecule has 0 unspecified atom stereocenters. The molecular weight excluding hydrogens is 328 g/mol. The van der Waals surface area contributed by atoms with Crippen LogP contribution in [0.5, 0.6) is 0 Å². The van der Waals surface area contributed by atoms with Gasteiger partial charge >= 0.3 is 5.97 Å². The van der Waals surface area contributed by atoms with Crippen molar-refractivity contribution < 1.29 is 14.3 Å².